The van der Waals surface area contributed by atoms with Crippen LogP contribution in [0.4, 0.5) is 5.13 Å². The van der Waals surface area contributed by atoms with Crippen molar-refractivity contribution in [2.75, 3.05) is 5.32 Å². The Hall–Kier alpha value is -2.05. The SMILES string of the molecule is Cc1ccc(-c2ccsc2C(=O)Nc2nnc(C(C)C)s2)cc1. The summed E-state index contributed by atoms with van der Waals surface area (Å²) in [5.74, 6) is 0.171. The standard InChI is InChI=1S/C17H17N3OS2/c1-10(2)16-19-20-17(23-16)18-15(21)14-13(8-9-22-14)12-6-4-11(3)5-7-12/h4-10H,1-3H3,(H,18,20,21). The smallest absolute Gasteiger partial charge is 0.268 e. The van der Waals surface area contributed by atoms with E-state index >= 15 is 0 Å². The van der Waals surface area contributed by atoms with Gasteiger partial charge in [0.05, 0.1) is 0 Å². The van der Waals surface area contributed by atoms with E-state index in [0.717, 1.165) is 16.1 Å². The van der Waals surface area contributed by atoms with E-state index in [4.69, 9.17) is 0 Å². The first kappa shape index (κ1) is 15.8. The van der Waals surface area contributed by atoms with Crippen LogP contribution in [-0.2, 0) is 0 Å². The van der Waals surface area contributed by atoms with Crippen LogP contribution in [0.15, 0.2) is 35.7 Å². The maximum absolute atomic E-state index is 12.6. The number of hydrogen-bond acceptors (Lipinski definition) is 5. The third-order valence-electron chi connectivity index (χ3n) is 3.39. The van der Waals surface area contributed by atoms with Crippen molar-refractivity contribution in [1.29, 1.82) is 0 Å². The molecule has 0 aliphatic heterocycles. The van der Waals surface area contributed by atoms with Gasteiger partial charge in [-0.05, 0) is 23.9 Å². The number of nitrogens with zero attached hydrogens (tertiary/aromatic N) is 2. The van der Waals surface area contributed by atoms with Gasteiger partial charge in [-0.3, -0.25) is 10.1 Å². The number of aromatic nitrogens is 2. The summed E-state index contributed by atoms with van der Waals surface area (Å²) in [5.41, 5.74) is 3.19. The number of rotatable bonds is 4. The summed E-state index contributed by atoms with van der Waals surface area (Å²) in [6.45, 7) is 6.16. The molecule has 0 saturated heterocycles. The molecular weight excluding hydrogens is 326 g/mol. The second kappa shape index (κ2) is 6.60. The summed E-state index contributed by atoms with van der Waals surface area (Å²) >= 11 is 2.85. The number of nitrogens with one attached hydrogen (secondary N) is 1. The molecule has 1 amide bonds. The van der Waals surface area contributed by atoms with E-state index in [1.54, 1.807) is 0 Å². The second-order valence-electron chi connectivity index (χ2n) is 5.58. The zero-order valence-corrected chi connectivity index (χ0v) is 14.8. The summed E-state index contributed by atoms with van der Waals surface area (Å²) in [5, 5.41) is 14.4. The summed E-state index contributed by atoms with van der Waals surface area (Å²) in [6, 6.07) is 10.2. The lowest BCUT2D eigenvalue weighted by Gasteiger charge is -2.04. The van der Waals surface area contributed by atoms with Crippen molar-refractivity contribution in [1.82, 2.24) is 10.2 Å². The number of benzene rings is 1. The fourth-order valence-corrected chi connectivity index (χ4v) is 3.67. The number of thiophene rings is 1. The Morgan fingerprint density at radius 3 is 2.52 bits per heavy atom. The minimum atomic E-state index is -0.137. The highest BCUT2D eigenvalue weighted by Crippen LogP contribution is 2.30. The maximum Gasteiger partial charge on any atom is 0.268 e. The van der Waals surface area contributed by atoms with Crippen molar-refractivity contribution >= 4 is 33.7 Å². The van der Waals surface area contributed by atoms with Crippen LogP contribution < -0.4 is 5.32 Å². The Bertz CT molecular complexity index is 818. The molecule has 118 valence electrons. The quantitative estimate of drug-likeness (QED) is 0.729. The molecule has 2 aromatic heterocycles. The number of hydrogen-bond donors (Lipinski definition) is 1. The molecule has 0 atom stereocenters. The van der Waals surface area contributed by atoms with Gasteiger partial charge in [0.25, 0.3) is 5.91 Å². The van der Waals surface area contributed by atoms with Crippen LogP contribution in [0.25, 0.3) is 11.1 Å². The Morgan fingerprint density at radius 1 is 1.13 bits per heavy atom. The number of aryl methyl sites for hydroxylation is 1. The van der Waals surface area contributed by atoms with Crippen LogP contribution >= 0.6 is 22.7 Å². The molecule has 2 heterocycles. The average Bonchev–Trinajstić information content (AvgIpc) is 3.16. The van der Waals surface area contributed by atoms with E-state index in [0.29, 0.717) is 15.9 Å². The highest BCUT2D eigenvalue weighted by Gasteiger charge is 2.17. The van der Waals surface area contributed by atoms with Crippen molar-refractivity contribution in [3.63, 3.8) is 0 Å². The van der Waals surface area contributed by atoms with E-state index in [9.17, 15) is 4.79 Å². The lowest BCUT2D eigenvalue weighted by atomic mass is 10.0. The Labute approximate surface area is 143 Å². The van der Waals surface area contributed by atoms with Gasteiger partial charge in [0.1, 0.15) is 9.88 Å². The van der Waals surface area contributed by atoms with Crippen molar-refractivity contribution in [3.05, 3.63) is 51.2 Å². The summed E-state index contributed by atoms with van der Waals surface area (Å²) < 4.78 is 0. The van der Waals surface area contributed by atoms with E-state index in [1.165, 1.54) is 28.2 Å². The third kappa shape index (κ3) is 3.48. The molecule has 0 radical (unpaired) electrons. The fraction of sp³-hybridized carbons (Fsp3) is 0.235. The van der Waals surface area contributed by atoms with Gasteiger partial charge in [0.2, 0.25) is 5.13 Å². The van der Waals surface area contributed by atoms with Crippen LogP contribution in [0.2, 0.25) is 0 Å². The number of amides is 1. The molecule has 3 aromatic rings. The van der Waals surface area contributed by atoms with Gasteiger partial charge in [0.15, 0.2) is 0 Å². The van der Waals surface area contributed by atoms with Crippen molar-refractivity contribution < 1.29 is 4.79 Å². The van der Waals surface area contributed by atoms with Crippen LogP contribution in [0, 0.1) is 6.92 Å². The zero-order chi connectivity index (χ0) is 16.4. The first-order valence-corrected chi connectivity index (χ1v) is 9.03. The minimum absolute atomic E-state index is 0.137. The van der Waals surface area contributed by atoms with Gasteiger partial charge in [0, 0.05) is 11.5 Å². The molecule has 4 nitrogen and oxygen atoms in total. The van der Waals surface area contributed by atoms with Crippen molar-refractivity contribution in [2.45, 2.75) is 26.7 Å². The molecule has 0 spiro atoms. The van der Waals surface area contributed by atoms with Crippen LogP contribution in [0.3, 0.4) is 0 Å². The molecule has 1 N–H and O–H groups in total. The van der Waals surface area contributed by atoms with Gasteiger partial charge in [-0.1, -0.05) is 55.0 Å². The van der Waals surface area contributed by atoms with Crippen molar-refractivity contribution in [3.8, 4) is 11.1 Å². The molecule has 6 heteroatoms. The van der Waals surface area contributed by atoms with E-state index in [1.807, 2.05) is 42.6 Å². The lowest BCUT2D eigenvalue weighted by Crippen LogP contribution is -2.11. The number of anilines is 1. The van der Waals surface area contributed by atoms with Gasteiger partial charge in [-0.15, -0.1) is 21.5 Å². The second-order valence-corrected chi connectivity index (χ2v) is 7.51. The third-order valence-corrected chi connectivity index (χ3v) is 5.44. The minimum Gasteiger partial charge on any atom is -0.296 e. The monoisotopic (exact) mass is 343 g/mol. The van der Waals surface area contributed by atoms with Crippen LogP contribution in [-0.4, -0.2) is 16.1 Å². The summed E-state index contributed by atoms with van der Waals surface area (Å²) in [7, 11) is 0. The van der Waals surface area contributed by atoms with Gasteiger partial charge < -0.3 is 0 Å². The predicted molar refractivity (Wildman–Crippen MR) is 96.4 cm³/mol. The Morgan fingerprint density at radius 2 is 1.87 bits per heavy atom. The molecule has 0 saturated carbocycles. The lowest BCUT2D eigenvalue weighted by molar-refractivity contribution is 0.103. The van der Waals surface area contributed by atoms with E-state index < -0.39 is 0 Å². The zero-order valence-electron chi connectivity index (χ0n) is 13.2. The first-order valence-electron chi connectivity index (χ1n) is 7.34. The molecule has 0 aliphatic carbocycles. The van der Waals surface area contributed by atoms with Gasteiger partial charge >= 0.3 is 0 Å². The van der Waals surface area contributed by atoms with Gasteiger partial charge in [-0.2, -0.15) is 0 Å². The highest BCUT2D eigenvalue weighted by atomic mass is 32.1. The number of carbonyl (C=O) groups excluding carboxylic acids is 1. The molecule has 3 rings (SSSR count). The molecular formula is C17H17N3OS2. The normalized spacial score (nSPS) is 11.0. The number of carbonyl (C=O) groups is 1. The average molecular weight is 343 g/mol. The van der Waals surface area contributed by atoms with Crippen LogP contribution in [0.5, 0.6) is 0 Å². The predicted octanol–water partition coefficient (Wildman–Crippen LogP) is 4.95. The molecule has 0 bridgehead atoms. The molecule has 0 unspecified atom stereocenters. The molecule has 23 heavy (non-hydrogen) atoms. The summed E-state index contributed by atoms with van der Waals surface area (Å²) in [4.78, 5) is 13.2. The van der Waals surface area contributed by atoms with Gasteiger partial charge in [-0.25, -0.2) is 0 Å². The van der Waals surface area contributed by atoms with Crippen LogP contribution in [0.1, 0.15) is 40.0 Å². The Balaban J connectivity index is 1.83. The highest BCUT2D eigenvalue weighted by molar-refractivity contribution is 7.16. The maximum atomic E-state index is 12.6. The topological polar surface area (TPSA) is 54.9 Å². The molecule has 1 aromatic carbocycles. The summed E-state index contributed by atoms with van der Waals surface area (Å²) in [6.07, 6.45) is 0. The first-order chi connectivity index (χ1) is 11.0. The fourth-order valence-electron chi connectivity index (χ4n) is 2.12. The van der Waals surface area contributed by atoms with E-state index in [2.05, 4.69) is 29.4 Å². The molecule has 0 fully saturated rings. The largest absolute Gasteiger partial charge is 0.296 e. The van der Waals surface area contributed by atoms with E-state index in [-0.39, 0.29) is 5.91 Å². The Kier molecular flexibility index (Phi) is 4.54. The molecule has 0 aliphatic rings. The van der Waals surface area contributed by atoms with Crippen molar-refractivity contribution in [2.24, 2.45) is 0 Å².